The minimum absolute atomic E-state index is 0.116. The van der Waals surface area contributed by atoms with Crippen LogP contribution in [-0.2, 0) is 10.2 Å². The second kappa shape index (κ2) is 8.64. The predicted molar refractivity (Wildman–Crippen MR) is 132 cm³/mol. The van der Waals surface area contributed by atoms with Crippen LogP contribution in [0.2, 0.25) is 10.0 Å². The van der Waals surface area contributed by atoms with Crippen LogP contribution in [0.25, 0.3) is 0 Å². The number of anilines is 1. The first kappa shape index (κ1) is 22.2. The zero-order chi connectivity index (χ0) is 23.2. The molecule has 1 amide bonds. The largest absolute Gasteiger partial charge is 0.397 e. The Morgan fingerprint density at radius 1 is 0.939 bits per heavy atom. The van der Waals surface area contributed by atoms with Crippen molar-refractivity contribution in [2.24, 2.45) is 5.73 Å². The van der Waals surface area contributed by atoms with Crippen LogP contribution >= 0.6 is 23.2 Å². The van der Waals surface area contributed by atoms with Crippen molar-refractivity contribution in [3.8, 4) is 0 Å². The van der Waals surface area contributed by atoms with Crippen LogP contribution in [0.15, 0.2) is 66.9 Å². The molecule has 5 nitrogen and oxygen atoms in total. The van der Waals surface area contributed by atoms with Crippen LogP contribution in [0.1, 0.15) is 48.5 Å². The average Bonchev–Trinajstić information content (AvgIpc) is 3.06. The number of amides is 1. The Bertz CT molecular complexity index is 1120. The van der Waals surface area contributed by atoms with Gasteiger partial charge in [0.2, 0.25) is 5.91 Å². The summed E-state index contributed by atoms with van der Waals surface area (Å²) in [5.74, 6) is -0.330. The minimum Gasteiger partial charge on any atom is -0.397 e. The maximum atomic E-state index is 12.9. The monoisotopic (exact) mass is 480 g/mol. The highest BCUT2D eigenvalue weighted by atomic mass is 35.5. The molecule has 1 unspecified atom stereocenters. The van der Waals surface area contributed by atoms with Crippen LogP contribution in [0, 0.1) is 0 Å². The summed E-state index contributed by atoms with van der Waals surface area (Å²) >= 11 is 13.4. The van der Waals surface area contributed by atoms with Crippen molar-refractivity contribution >= 4 is 34.8 Å². The number of piperidine rings is 1. The Hall–Kier alpha value is -2.60. The molecule has 0 saturated carbocycles. The van der Waals surface area contributed by atoms with Gasteiger partial charge in [0, 0.05) is 22.1 Å². The number of hydrogen-bond donors (Lipinski definition) is 2. The summed E-state index contributed by atoms with van der Waals surface area (Å²) in [6, 6.07) is 19.6. The molecule has 1 aromatic heterocycles. The van der Waals surface area contributed by atoms with E-state index < -0.39 is 5.41 Å². The first-order valence-corrected chi connectivity index (χ1v) is 11.9. The van der Waals surface area contributed by atoms with Gasteiger partial charge in [0.1, 0.15) is 0 Å². The van der Waals surface area contributed by atoms with E-state index >= 15 is 0 Å². The Morgan fingerprint density at radius 3 is 1.94 bits per heavy atom. The second-order valence-corrected chi connectivity index (χ2v) is 9.92. The Kier molecular flexibility index (Phi) is 5.81. The van der Waals surface area contributed by atoms with Gasteiger partial charge in [-0.25, -0.2) is 0 Å². The van der Waals surface area contributed by atoms with Gasteiger partial charge in [0.15, 0.2) is 0 Å². The van der Waals surface area contributed by atoms with Gasteiger partial charge in [-0.3, -0.25) is 14.7 Å². The number of nitrogens with two attached hydrogens (primary N) is 2. The standard InChI is InChI=1S/C26H26Cl2N4O/c27-21-7-3-1-5-19(21)24(20-6-2-4-8-22(20)28)32-17-10-11-18(32)14-26(13-17,25(30)33)23-12-9-16(29)15-31-23/h1-9,12,15,17-18,24H,10-11,13-14,29H2,(H2,30,33)/t17-,18+,26?. The fourth-order valence-corrected chi connectivity index (χ4v) is 6.29. The van der Waals surface area contributed by atoms with E-state index in [0.717, 1.165) is 24.0 Å². The molecule has 2 fully saturated rings. The number of benzene rings is 2. The average molecular weight is 481 g/mol. The number of halogens is 2. The lowest BCUT2D eigenvalue weighted by Crippen LogP contribution is -2.56. The molecule has 2 aliphatic heterocycles. The number of rotatable bonds is 5. The Balaban J connectivity index is 1.60. The van der Waals surface area contributed by atoms with Crippen molar-refractivity contribution in [3.05, 3.63) is 93.7 Å². The SMILES string of the molecule is NC(=O)C1(c2ccc(N)cn2)C[C@H]2CC[C@@H](C1)N2C(c1ccccc1Cl)c1ccccc1Cl. The van der Waals surface area contributed by atoms with Gasteiger partial charge in [-0.1, -0.05) is 59.6 Å². The summed E-state index contributed by atoms with van der Waals surface area (Å²) in [6.07, 6.45) is 4.74. The number of carbonyl (C=O) groups excluding carboxylic acids is 1. The maximum absolute atomic E-state index is 12.9. The summed E-state index contributed by atoms with van der Waals surface area (Å²) in [7, 11) is 0. The highest BCUT2D eigenvalue weighted by molar-refractivity contribution is 6.32. The quantitative estimate of drug-likeness (QED) is 0.531. The first-order valence-electron chi connectivity index (χ1n) is 11.2. The number of nitrogen functional groups attached to an aromatic ring is 1. The molecule has 7 heteroatoms. The maximum Gasteiger partial charge on any atom is 0.229 e. The van der Waals surface area contributed by atoms with Crippen molar-refractivity contribution in [2.75, 3.05) is 5.73 Å². The molecule has 3 aromatic rings. The Morgan fingerprint density at radius 2 is 1.48 bits per heavy atom. The zero-order valence-electron chi connectivity index (χ0n) is 18.1. The minimum atomic E-state index is -0.818. The third-order valence-corrected chi connectivity index (χ3v) is 7.98. The van der Waals surface area contributed by atoms with Gasteiger partial charge in [0.25, 0.3) is 0 Å². The lowest BCUT2D eigenvalue weighted by atomic mass is 9.70. The van der Waals surface area contributed by atoms with Gasteiger partial charge >= 0.3 is 0 Å². The number of pyridine rings is 1. The molecule has 2 aliphatic rings. The Labute approximate surface area is 203 Å². The van der Waals surface area contributed by atoms with Crippen LogP contribution in [0.5, 0.6) is 0 Å². The van der Waals surface area contributed by atoms with Crippen molar-refractivity contribution in [1.29, 1.82) is 0 Å². The predicted octanol–water partition coefficient (Wildman–Crippen LogP) is 5.11. The van der Waals surface area contributed by atoms with E-state index in [-0.39, 0.29) is 24.0 Å². The molecular weight excluding hydrogens is 455 g/mol. The second-order valence-electron chi connectivity index (χ2n) is 9.11. The molecule has 4 N–H and O–H groups in total. The molecule has 2 bridgehead atoms. The van der Waals surface area contributed by atoms with E-state index in [1.54, 1.807) is 12.3 Å². The van der Waals surface area contributed by atoms with E-state index in [0.29, 0.717) is 34.3 Å². The number of primary amides is 1. The summed E-state index contributed by atoms with van der Waals surface area (Å²) in [6.45, 7) is 0. The number of hydrogen-bond acceptors (Lipinski definition) is 4. The van der Waals surface area contributed by atoms with Crippen molar-refractivity contribution in [2.45, 2.75) is 49.2 Å². The molecule has 0 spiro atoms. The number of nitrogens with zero attached hydrogens (tertiary/aromatic N) is 2. The van der Waals surface area contributed by atoms with Gasteiger partial charge < -0.3 is 11.5 Å². The zero-order valence-corrected chi connectivity index (χ0v) is 19.6. The smallest absolute Gasteiger partial charge is 0.229 e. The third kappa shape index (κ3) is 3.78. The molecule has 2 aromatic carbocycles. The highest BCUT2D eigenvalue weighted by Gasteiger charge is 2.55. The fourth-order valence-electron chi connectivity index (χ4n) is 5.81. The number of carbonyl (C=O) groups is 1. The van der Waals surface area contributed by atoms with E-state index in [1.807, 2.05) is 42.5 Å². The molecule has 33 heavy (non-hydrogen) atoms. The molecule has 2 saturated heterocycles. The molecule has 170 valence electrons. The molecular formula is C26H26Cl2N4O. The van der Waals surface area contributed by atoms with Crippen LogP contribution < -0.4 is 11.5 Å². The number of fused-ring (bicyclic) bond motifs is 2. The summed E-state index contributed by atoms with van der Waals surface area (Å²) in [5.41, 5.74) is 14.4. The van der Waals surface area contributed by atoms with E-state index in [2.05, 4.69) is 22.0 Å². The van der Waals surface area contributed by atoms with E-state index in [9.17, 15) is 4.79 Å². The number of aromatic nitrogens is 1. The fraction of sp³-hybridized carbons (Fsp3) is 0.308. The summed E-state index contributed by atoms with van der Waals surface area (Å²) in [4.78, 5) is 19.9. The van der Waals surface area contributed by atoms with Gasteiger partial charge in [-0.15, -0.1) is 0 Å². The summed E-state index contributed by atoms with van der Waals surface area (Å²) in [5, 5.41) is 1.41. The lowest BCUT2D eigenvalue weighted by molar-refractivity contribution is -0.127. The highest BCUT2D eigenvalue weighted by Crippen LogP contribution is 2.52. The lowest BCUT2D eigenvalue weighted by Gasteiger charge is -2.48. The molecule has 3 heterocycles. The normalized spacial score (nSPS) is 24.8. The molecule has 0 radical (unpaired) electrons. The van der Waals surface area contributed by atoms with Crippen molar-refractivity contribution in [1.82, 2.24) is 9.88 Å². The topological polar surface area (TPSA) is 85.2 Å². The first-order chi connectivity index (χ1) is 15.9. The van der Waals surface area contributed by atoms with Crippen LogP contribution in [0.4, 0.5) is 5.69 Å². The molecule has 3 atom stereocenters. The van der Waals surface area contributed by atoms with Crippen LogP contribution in [0.3, 0.4) is 0 Å². The summed E-state index contributed by atoms with van der Waals surface area (Å²) < 4.78 is 0. The van der Waals surface area contributed by atoms with Gasteiger partial charge in [0.05, 0.1) is 29.0 Å². The van der Waals surface area contributed by atoms with Crippen molar-refractivity contribution in [3.63, 3.8) is 0 Å². The van der Waals surface area contributed by atoms with Gasteiger partial charge in [-0.05, 0) is 61.1 Å². The molecule has 0 aliphatic carbocycles. The van der Waals surface area contributed by atoms with Crippen molar-refractivity contribution < 1.29 is 4.79 Å². The van der Waals surface area contributed by atoms with Crippen LogP contribution in [-0.4, -0.2) is 27.9 Å². The third-order valence-electron chi connectivity index (χ3n) is 7.29. The van der Waals surface area contributed by atoms with E-state index in [4.69, 9.17) is 34.7 Å². The van der Waals surface area contributed by atoms with Gasteiger partial charge in [-0.2, -0.15) is 0 Å². The molecule has 5 rings (SSSR count). The van der Waals surface area contributed by atoms with E-state index in [1.165, 1.54) is 0 Å².